The summed E-state index contributed by atoms with van der Waals surface area (Å²) in [6.07, 6.45) is 11.1. The molecule has 0 bridgehead atoms. The van der Waals surface area contributed by atoms with Gasteiger partial charge in [0.25, 0.3) is 0 Å². The van der Waals surface area contributed by atoms with Crippen molar-refractivity contribution in [1.82, 2.24) is 9.97 Å². The number of ether oxygens (including phenoxy) is 1. The first-order valence-electron chi connectivity index (χ1n) is 12.9. The van der Waals surface area contributed by atoms with Crippen molar-refractivity contribution in [2.45, 2.75) is 20.3 Å². The molecule has 1 unspecified atom stereocenters. The standard InChI is InChI=1S/C32H30IN4O2P/c1-3-29(24-12-10-23(11-13-24)28-19-35-21-36-20-28)32(26-14-15-30(37-40-33)27(17-26)18-34)25-8-5-22(6-9-25)7-16-31(38)39-4-2/h5-21,34,37,40H,3-4H2,1-2H3/b16-7+,32-29+,34-18?. The molecule has 3 aromatic carbocycles. The lowest BCUT2D eigenvalue weighted by Gasteiger charge is -2.18. The molecule has 0 amide bonds. The molecule has 1 aromatic heterocycles. The van der Waals surface area contributed by atoms with Crippen molar-refractivity contribution in [3.63, 3.8) is 0 Å². The first kappa shape index (κ1) is 29.3. The zero-order valence-corrected chi connectivity index (χ0v) is 25.5. The monoisotopic (exact) mass is 660 g/mol. The van der Waals surface area contributed by atoms with Gasteiger partial charge in [-0.25, -0.2) is 14.8 Å². The van der Waals surface area contributed by atoms with Crippen LogP contribution >= 0.6 is 28.4 Å². The van der Waals surface area contributed by atoms with E-state index in [1.165, 1.54) is 24.2 Å². The number of aromatic nitrogens is 2. The highest BCUT2D eigenvalue weighted by Crippen LogP contribution is 2.37. The Bertz CT molecular complexity index is 1520. The second-order valence-corrected chi connectivity index (χ2v) is 10.8. The highest BCUT2D eigenvalue weighted by Gasteiger charge is 2.15. The topological polar surface area (TPSA) is 88.0 Å². The Morgan fingerprint density at radius 3 is 2.25 bits per heavy atom. The predicted octanol–water partition coefficient (Wildman–Crippen LogP) is 8.44. The van der Waals surface area contributed by atoms with E-state index in [-0.39, 0.29) is 5.97 Å². The third kappa shape index (κ3) is 7.29. The number of carbonyl (C=O) groups is 1. The summed E-state index contributed by atoms with van der Waals surface area (Å²) in [6, 6.07) is 22.9. The SMILES string of the molecule is CCOC(=O)/C=C/c1ccc(/C(=C(/CC)c2ccc(-c3cncnc3)cc2)c2ccc(NPI)c(C=N)c2)cc1. The van der Waals surface area contributed by atoms with Gasteiger partial charge in [0.15, 0.2) is 0 Å². The second-order valence-electron chi connectivity index (χ2n) is 8.78. The van der Waals surface area contributed by atoms with Crippen molar-refractivity contribution >= 4 is 63.5 Å². The van der Waals surface area contributed by atoms with E-state index >= 15 is 0 Å². The van der Waals surface area contributed by atoms with Crippen molar-refractivity contribution in [2.24, 2.45) is 0 Å². The quantitative estimate of drug-likeness (QED) is 0.0421. The van der Waals surface area contributed by atoms with E-state index in [1.54, 1.807) is 13.0 Å². The van der Waals surface area contributed by atoms with Crippen molar-refractivity contribution < 1.29 is 9.53 Å². The van der Waals surface area contributed by atoms with Crippen LogP contribution in [0.2, 0.25) is 0 Å². The van der Waals surface area contributed by atoms with Gasteiger partial charge < -0.3 is 15.2 Å². The average molecular weight is 660 g/mol. The van der Waals surface area contributed by atoms with Crippen molar-refractivity contribution in [3.05, 3.63) is 119 Å². The third-order valence-corrected chi connectivity index (χ3v) is 7.53. The molecule has 0 fully saturated rings. The fraction of sp³-hybridized carbons (Fsp3) is 0.125. The number of hydrogen-bond donors (Lipinski definition) is 2. The maximum atomic E-state index is 11.8. The van der Waals surface area contributed by atoms with Gasteiger partial charge in [0, 0.05) is 47.9 Å². The number of carbonyl (C=O) groups excluding carboxylic acids is 1. The highest BCUT2D eigenvalue weighted by atomic mass is 127. The third-order valence-electron chi connectivity index (χ3n) is 6.36. The maximum Gasteiger partial charge on any atom is 0.330 e. The van der Waals surface area contributed by atoms with Crippen LogP contribution in [-0.4, -0.2) is 28.8 Å². The van der Waals surface area contributed by atoms with Gasteiger partial charge in [-0.05, 0) is 92.6 Å². The molecule has 0 aliphatic carbocycles. The summed E-state index contributed by atoms with van der Waals surface area (Å²) in [6.45, 7) is 4.30. The van der Waals surface area contributed by atoms with Crippen LogP contribution in [0.3, 0.4) is 0 Å². The molecule has 4 aromatic rings. The predicted molar refractivity (Wildman–Crippen MR) is 176 cm³/mol. The van der Waals surface area contributed by atoms with E-state index in [1.807, 2.05) is 30.6 Å². The summed E-state index contributed by atoms with van der Waals surface area (Å²) in [5, 5.41) is 11.4. The van der Waals surface area contributed by atoms with Crippen molar-refractivity contribution in [2.75, 3.05) is 11.7 Å². The van der Waals surface area contributed by atoms with Gasteiger partial charge in [0.05, 0.1) is 6.61 Å². The molecule has 0 saturated heterocycles. The molecule has 0 radical (unpaired) electrons. The van der Waals surface area contributed by atoms with E-state index in [9.17, 15) is 4.79 Å². The van der Waals surface area contributed by atoms with Gasteiger partial charge in [-0.1, -0.05) is 61.5 Å². The lowest BCUT2D eigenvalue weighted by atomic mass is 9.86. The number of nitrogens with zero attached hydrogens (tertiary/aromatic N) is 2. The summed E-state index contributed by atoms with van der Waals surface area (Å²) in [5.74, 6) is -0.356. The zero-order valence-electron chi connectivity index (χ0n) is 22.3. The molecule has 0 aliphatic rings. The molecule has 0 spiro atoms. The summed E-state index contributed by atoms with van der Waals surface area (Å²) in [7, 11) is 0. The number of anilines is 1. The number of nitrogens with one attached hydrogen (secondary N) is 2. The van der Waals surface area contributed by atoms with E-state index in [0.29, 0.717) is 13.0 Å². The minimum atomic E-state index is -0.356. The molecule has 40 heavy (non-hydrogen) atoms. The van der Waals surface area contributed by atoms with Crippen LogP contribution in [0.25, 0.3) is 28.3 Å². The molecule has 1 heterocycles. The smallest absolute Gasteiger partial charge is 0.330 e. The fourth-order valence-corrected chi connectivity index (χ4v) is 5.67. The maximum absolute atomic E-state index is 11.8. The Morgan fingerprint density at radius 1 is 0.950 bits per heavy atom. The number of hydrogen-bond acceptors (Lipinski definition) is 6. The van der Waals surface area contributed by atoms with Crippen LogP contribution in [-0.2, 0) is 9.53 Å². The number of esters is 1. The zero-order chi connectivity index (χ0) is 28.3. The molecule has 0 aliphatic heterocycles. The fourth-order valence-electron chi connectivity index (χ4n) is 4.47. The van der Waals surface area contributed by atoms with E-state index in [0.717, 1.165) is 56.6 Å². The normalized spacial score (nSPS) is 12.0. The van der Waals surface area contributed by atoms with Crippen molar-refractivity contribution in [1.29, 1.82) is 5.41 Å². The van der Waals surface area contributed by atoms with Crippen LogP contribution in [0.1, 0.15) is 48.1 Å². The van der Waals surface area contributed by atoms with Crippen LogP contribution in [0.5, 0.6) is 0 Å². The molecule has 6 nitrogen and oxygen atoms in total. The van der Waals surface area contributed by atoms with E-state index < -0.39 is 0 Å². The van der Waals surface area contributed by atoms with Gasteiger partial charge in [0.2, 0.25) is 0 Å². The number of benzene rings is 3. The molecule has 202 valence electrons. The van der Waals surface area contributed by atoms with Gasteiger partial charge in [0.1, 0.15) is 6.33 Å². The molecule has 8 heteroatoms. The Labute approximate surface area is 249 Å². The van der Waals surface area contributed by atoms with Gasteiger partial charge in [-0.2, -0.15) is 0 Å². The minimum Gasteiger partial charge on any atom is -0.463 e. The lowest BCUT2D eigenvalue weighted by Crippen LogP contribution is -1.99. The van der Waals surface area contributed by atoms with Gasteiger partial charge in [-0.15, -0.1) is 0 Å². The summed E-state index contributed by atoms with van der Waals surface area (Å²) in [5.41, 5.74) is 10.2. The van der Waals surface area contributed by atoms with Gasteiger partial charge in [-0.3, -0.25) is 0 Å². The Morgan fingerprint density at radius 2 is 1.62 bits per heavy atom. The minimum absolute atomic E-state index is 0.348. The number of allylic oxidation sites excluding steroid dienone is 1. The average Bonchev–Trinajstić information content (AvgIpc) is 3.00. The molecular weight excluding hydrogens is 630 g/mol. The Balaban J connectivity index is 1.82. The number of halogens is 1. The molecule has 0 saturated carbocycles. The molecular formula is C32H30IN4O2P. The van der Waals surface area contributed by atoms with Crippen LogP contribution in [0.4, 0.5) is 5.69 Å². The Hall–Kier alpha value is -3.68. The molecule has 4 rings (SSSR count). The van der Waals surface area contributed by atoms with Crippen LogP contribution < -0.4 is 5.09 Å². The summed E-state index contributed by atoms with van der Waals surface area (Å²) in [4.78, 5) is 20.1. The Kier molecular flexibility index (Phi) is 10.7. The van der Waals surface area contributed by atoms with E-state index in [4.69, 9.17) is 10.1 Å². The molecule has 2 N–H and O–H groups in total. The van der Waals surface area contributed by atoms with Crippen LogP contribution in [0, 0.1) is 5.41 Å². The summed E-state index contributed by atoms with van der Waals surface area (Å²) < 4.78 is 5.00. The van der Waals surface area contributed by atoms with E-state index in [2.05, 4.69) is 92.6 Å². The van der Waals surface area contributed by atoms with Crippen LogP contribution in [0.15, 0.2) is 91.5 Å². The number of rotatable bonds is 11. The largest absolute Gasteiger partial charge is 0.463 e. The summed E-state index contributed by atoms with van der Waals surface area (Å²) >= 11 is 2.29. The first-order chi connectivity index (χ1) is 19.6. The molecule has 1 atom stereocenters. The first-order valence-corrected chi connectivity index (χ1v) is 17.0. The van der Waals surface area contributed by atoms with Crippen molar-refractivity contribution in [3.8, 4) is 11.1 Å². The highest BCUT2D eigenvalue weighted by molar-refractivity contribution is 14.2. The van der Waals surface area contributed by atoms with Gasteiger partial charge >= 0.3 is 5.97 Å². The lowest BCUT2D eigenvalue weighted by molar-refractivity contribution is -0.137. The second kappa shape index (κ2) is 14.6.